The van der Waals surface area contributed by atoms with Crippen LogP contribution in [0.3, 0.4) is 0 Å². The molecule has 4 nitrogen and oxygen atoms in total. The molecule has 3 aromatic rings. The van der Waals surface area contributed by atoms with E-state index in [0.29, 0.717) is 12.2 Å². The van der Waals surface area contributed by atoms with Gasteiger partial charge < -0.3 is 0 Å². The Hall–Kier alpha value is -1.68. The Morgan fingerprint density at radius 1 is 1.04 bits per heavy atom. The van der Waals surface area contributed by atoms with Gasteiger partial charge in [-0.3, -0.25) is 0 Å². The Kier molecular flexibility index (Phi) is 5.81. The first-order valence-corrected chi connectivity index (χ1v) is 9.54. The highest BCUT2D eigenvalue weighted by molar-refractivity contribution is 14.1. The summed E-state index contributed by atoms with van der Waals surface area (Å²) in [5.41, 5.74) is 1.53. The number of aryl methyl sites for hydroxylation is 2. The molecule has 0 bridgehead atoms. The minimum absolute atomic E-state index is 0.116. The summed E-state index contributed by atoms with van der Waals surface area (Å²) >= 11 is 8.24. The van der Waals surface area contributed by atoms with E-state index >= 15 is 0 Å². The van der Waals surface area contributed by atoms with Crippen LogP contribution in [-0.4, -0.2) is 19.7 Å². The second kappa shape index (κ2) is 7.91. The van der Waals surface area contributed by atoms with Gasteiger partial charge in [0, 0.05) is 17.0 Å². The maximum absolute atomic E-state index is 12.7. The number of aromatic nitrogens is 4. The normalized spacial score (nSPS) is 11.7. The molecule has 0 amide bonds. The highest BCUT2D eigenvalue weighted by Crippen LogP contribution is 2.31. The third-order valence-corrected chi connectivity index (χ3v) is 4.88. The minimum Gasteiger partial charge on any atom is -0.235 e. The van der Waals surface area contributed by atoms with Gasteiger partial charge in [-0.1, -0.05) is 58.5 Å². The molecule has 0 radical (unpaired) electrons. The minimum atomic E-state index is -4.49. The molecule has 26 heavy (non-hydrogen) atoms. The SMILES string of the molecule is FC(F)(F)c1cnc(-n2cnc(CCc3ccc(CI)cc3)n2)c(Cl)c1. The fraction of sp³-hybridized carbons (Fsp3) is 0.235. The fourth-order valence-electron chi connectivity index (χ4n) is 2.32. The van der Waals surface area contributed by atoms with Crippen LogP contribution in [0.2, 0.25) is 5.02 Å². The lowest BCUT2D eigenvalue weighted by molar-refractivity contribution is -0.137. The molecule has 136 valence electrons. The second-order valence-corrected chi connectivity index (χ2v) is 6.75. The van der Waals surface area contributed by atoms with Crippen LogP contribution in [0, 0.1) is 0 Å². The summed E-state index contributed by atoms with van der Waals surface area (Å²) in [4.78, 5) is 7.96. The molecule has 0 aliphatic heterocycles. The van der Waals surface area contributed by atoms with E-state index in [-0.39, 0.29) is 10.8 Å². The summed E-state index contributed by atoms with van der Waals surface area (Å²) in [6.45, 7) is 0. The average Bonchev–Trinajstić information content (AvgIpc) is 3.08. The van der Waals surface area contributed by atoms with Crippen molar-refractivity contribution in [2.75, 3.05) is 0 Å². The third-order valence-electron chi connectivity index (χ3n) is 3.72. The van der Waals surface area contributed by atoms with Crippen LogP contribution in [-0.2, 0) is 23.4 Å². The van der Waals surface area contributed by atoms with Crippen molar-refractivity contribution in [3.8, 4) is 5.82 Å². The Balaban J connectivity index is 1.71. The zero-order chi connectivity index (χ0) is 18.7. The Labute approximate surface area is 166 Å². The van der Waals surface area contributed by atoms with Crippen molar-refractivity contribution in [3.05, 3.63) is 70.4 Å². The summed E-state index contributed by atoms with van der Waals surface area (Å²) in [5, 5.41) is 4.12. The van der Waals surface area contributed by atoms with Gasteiger partial charge in [0.15, 0.2) is 11.6 Å². The maximum Gasteiger partial charge on any atom is 0.417 e. The molecule has 2 aromatic heterocycles. The summed E-state index contributed by atoms with van der Waals surface area (Å²) in [6.07, 6.45) is -0.989. The first-order valence-electron chi connectivity index (χ1n) is 7.64. The highest BCUT2D eigenvalue weighted by Gasteiger charge is 2.31. The molecule has 2 heterocycles. The number of halogens is 5. The van der Waals surface area contributed by atoms with E-state index in [4.69, 9.17) is 11.6 Å². The molecule has 0 saturated heterocycles. The van der Waals surface area contributed by atoms with Crippen LogP contribution in [0.5, 0.6) is 0 Å². The van der Waals surface area contributed by atoms with E-state index in [9.17, 15) is 13.2 Å². The Morgan fingerprint density at radius 3 is 2.35 bits per heavy atom. The highest BCUT2D eigenvalue weighted by atomic mass is 127. The molecular weight excluding hydrogens is 480 g/mol. The van der Waals surface area contributed by atoms with Crippen LogP contribution in [0.25, 0.3) is 5.82 Å². The number of hydrogen-bond donors (Lipinski definition) is 0. The van der Waals surface area contributed by atoms with Gasteiger partial charge in [0.1, 0.15) is 6.33 Å². The largest absolute Gasteiger partial charge is 0.417 e. The number of hydrogen-bond acceptors (Lipinski definition) is 3. The number of nitrogens with zero attached hydrogens (tertiary/aromatic N) is 4. The predicted molar refractivity (Wildman–Crippen MR) is 101 cm³/mol. The van der Waals surface area contributed by atoms with Crippen LogP contribution >= 0.6 is 34.2 Å². The molecule has 0 aliphatic carbocycles. The topological polar surface area (TPSA) is 43.6 Å². The summed E-state index contributed by atoms with van der Waals surface area (Å²) in [7, 11) is 0. The average molecular weight is 493 g/mol. The number of pyridine rings is 1. The van der Waals surface area contributed by atoms with Crippen molar-refractivity contribution in [3.63, 3.8) is 0 Å². The first kappa shape index (κ1) is 19.1. The molecular formula is C17H13ClF3IN4. The number of alkyl halides is 4. The third kappa shape index (κ3) is 4.53. The molecule has 0 atom stereocenters. The molecule has 0 aliphatic rings. The van der Waals surface area contributed by atoms with E-state index in [1.807, 2.05) is 0 Å². The zero-order valence-corrected chi connectivity index (χ0v) is 16.3. The molecule has 0 saturated carbocycles. The zero-order valence-electron chi connectivity index (χ0n) is 13.3. The number of benzene rings is 1. The van der Waals surface area contributed by atoms with Gasteiger partial charge in [-0.25, -0.2) is 14.6 Å². The summed E-state index contributed by atoms with van der Waals surface area (Å²) in [6, 6.07) is 9.14. The molecule has 0 fully saturated rings. The van der Waals surface area contributed by atoms with E-state index in [1.165, 1.54) is 22.1 Å². The number of rotatable bonds is 5. The van der Waals surface area contributed by atoms with Crippen molar-refractivity contribution < 1.29 is 13.2 Å². The van der Waals surface area contributed by atoms with Crippen molar-refractivity contribution in [1.29, 1.82) is 0 Å². The van der Waals surface area contributed by atoms with E-state index in [1.54, 1.807) is 0 Å². The van der Waals surface area contributed by atoms with Gasteiger partial charge in [0.2, 0.25) is 0 Å². The van der Waals surface area contributed by atoms with Gasteiger partial charge in [0.05, 0.1) is 10.6 Å². The van der Waals surface area contributed by atoms with Crippen LogP contribution in [0.1, 0.15) is 22.5 Å². The van der Waals surface area contributed by atoms with Gasteiger partial charge >= 0.3 is 6.18 Å². The van der Waals surface area contributed by atoms with Gasteiger partial charge in [0.25, 0.3) is 0 Å². The maximum atomic E-state index is 12.7. The van der Waals surface area contributed by atoms with E-state index < -0.39 is 11.7 Å². The second-order valence-electron chi connectivity index (χ2n) is 5.58. The fourth-order valence-corrected chi connectivity index (χ4v) is 3.08. The summed E-state index contributed by atoms with van der Waals surface area (Å²) < 4.78 is 40.3. The molecule has 0 spiro atoms. The van der Waals surface area contributed by atoms with E-state index in [0.717, 1.165) is 23.1 Å². The first-order chi connectivity index (χ1) is 12.4. The molecule has 0 N–H and O–H groups in total. The smallest absolute Gasteiger partial charge is 0.235 e. The van der Waals surface area contributed by atoms with E-state index in [2.05, 4.69) is 61.9 Å². The lowest BCUT2D eigenvalue weighted by Crippen LogP contribution is -2.08. The van der Waals surface area contributed by atoms with Crippen LogP contribution in [0.15, 0.2) is 42.9 Å². The van der Waals surface area contributed by atoms with Crippen molar-refractivity contribution in [2.45, 2.75) is 23.4 Å². The molecule has 1 aromatic carbocycles. The van der Waals surface area contributed by atoms with Crippen LogP contribution < -0.4 is 0 Å². The standard InChI is InChI=1S/C17H13ClF3IN4/c18-14-7-13(17(19,20)21)9-23-16(14)26-10-24-15(25-26)6-5-11-1-3-12(8-22)4-2-11/h1-4,7,9-10H,5-6,8H2. The Morgan fingerprint density at radius 2 is 1.73 bits per heavy atom. The van der Waals surface area contributed by atoms with Crippen molar-refractivity contribution >= 4 is 34.2 Å². The molecule has 3 rings (SSSR count). The van der Waals surface area contributed by atoms with Gasteiger partial charge in [-0.05, 0) is 23.6 Å². The Bertz CT molecular complexity index is 894. The predicted octanol–water partition coefficient (Wildman–Crippen LogP) is 5.05. The van der Waals surface area contributed by atoms with Gasteiger partial charge in [-0.15, -0.1) is 5.10 Å². The van der Waals surface area contributed by atoms with Crippen molar-refractivity contribution in [1.82, 2.24) is 19.7 Å². The molecule has 9 heteroatoms. The lowest BCUT2D eigenvalue weighted by Gasteiger charge is -2.08. The van der Waals surface area contributed by atoms with Crippen molar-refractivity contribution in [2.24, 2.45) is 0 Å². The monoisotopic (exact) mass is 492 g/mol. The molecule has 0 unspecified atom stereocenters. The van der Waals surface area contributed by atoms with Gasteiger partial charge in [-0.2, -0.15) is 13.2 Å². The van der Waals surface area contributed by atoms with Crippen LogP contribution in [0.4, 0.5) is 13.2 Å². The summed E-state index contributed by atoms with van der Waals surface area (Å²) in [5.74, 6) is 0.686. The lowest BCUT2D eigenvalue weighted by atomic mass is 10.1. The quantitative estimate of drug-likeness (QED) is 0.370.